The number of aliphatic hydroxyl groups excluding tert-OH is 1. The predicted molar refractivity (Wildman–Crippen MR) is 200 cm³/mol. The van der Waals surface area contributed by atoms with Crippen molar-refractivity contribution in [3.05, 3.63) is 89.6 Å². The van der Waals surface area contributed by atoms with Crippen LogP contribution in [0.5, 0.6) is 0 Å². The van der Waals surface area contributed by atoms with Crippen molar-refractivity contribution >= 4 is 59.9 Å². The fourth-order valence-corrected chi connectivity index (χ4v) is 6.84. The number of allylic oxidation sites excluding steroid dienone is 2. The van der Waals surface area contributed by atoms with Gasteiger partial charge >= 0.3 is 0 Å². The number of benzene rings is 3. The first kappa shape index (κ1) is 37.5. The number of pyridine rings is 1. The fourth-order valence-electron chi connectivity index (χ4n) is 6.06. The van der Waals surface area contributed by atoms with Crippen LogP contribution in [0.3, 0.4) is 0 Å². The second-order valence-corrected chi connectivity index (χ2v) is 15.2. The van der Waals surface area contributed by atoms with E-state index in [1.165, 1.54) is 21.7 Å². The summed E-state index contributed by atoms with van der Waals surface area (Å²) in [4.78, 5) is 16.9. The third kappa shape index (κ3) is 7.04. The van der Waals surface area contributed by atoms with E-state index >= 15 is 0 Å². The van der Waals surface area contributed by atoms with Crippen LogP contribution in [-0.2, 0) is 30.3 Å². The molecular formula is C42H48IrNO3S-. The molecule has 0 aliphatic rings. The Morgan fingerprint density at radius 2 is 1.48 bits per heavy atom. The van der Waals surface area contributed by atoms with Gasteiger partial charge in [0.2, 0.25) is 0 Å². The first-order valence-electron chi connectivity index (χ1n) is 16.9. The third-order valence-corrected chi connectivity index (χ3v) is 11.3. The molecule has 0 aliphatic heterocycles. The van der Waals surface area contributed by atoms with Gasteiger partial charge in [0.25, 0.3) is 0 Å². The molecule has 3 aromatic heterocycles. The molecule has 0 spiro atoms. The number of fused-ring (bicyclic) bond motifs is 6. The Balaban J connectivity index is 0.000000251. The molecule has 6 heteroatoms. The minimum Gasteiger partial charge on any atom is -0.512 e. The van der Waals surface area contributed by atoms with Gasteiger partial charge in [0, 0.05) is 69.8 Å². The molecule has 0 aliphatic carbocycles. The molecule has 3 heterocycles. The van der Waals surface area contributed by atoms with E-state index in [-0.39, 0.29) is 47.9 Å². The zero-order chi connectivity index (χ0) is 34.1. The van der Waals surface area contributed by atoms with Gasteiger partial charge in [-0.15, -0.1) is 40.5 Å². The molecule has 1 radical (unpaired) electrons. The average Bonchev–Trinajstić information content (AvgIpc) is 3.71. The SMILES string of the molecule is CC(C)(C)c1cc(-c2nccc3c2oc2c4ccsc4ccc32)[c-]c2ccccc12.CCC(C)(CC)C(=O)/C=C(\O)C(C)(CC)CC.[Ir]. The number of carbonyl (C=O) groups excluding carboxylic acids is 1. The summed E-state index contributed by atoms with van der Waals surface area (Å²) in [5.74, 6) is 0.286. The molecule has 0 amide bonds. The monoisotopic (exact) mass is 839 g/mol. The molecule has 6 aromatic rings. The summed E-state index contributed by atoms with van der Waals surface area (Å²) in [6.45, 7) is 18.8. The molecule has 255 valence electrons. The predicted octanol–water partition coefficient (Wildman–Crippen LogP) is 12.8. The molecule has 0 atom stereocenters. The van der Waals surface area contributed by atoms with Crippen LogP contribution in [0.4, 0.5) is 0 Å². The van der Waals surface area contributed by atoms with Gasteiger partial charge in [0.1, 0.15) is 16.9 Å². The second-order valence-electron chi connectivity index (χ2n) is 14.2. The number of thiophene rings is 1. The number of ketones is 1. The number of hydrogen-bond donors (Lipinski definition) is 1. The van der Waals surface area contributed by atoms with Gasteiger partial charge in [-0.05, 0) is 60.7 Å². The van der Waals surface area contributed by atoms with Gasteiger partial charge in [-0.25, -0.2) is 0 Å². The van der Waals surface area contributed by atoms with Crippen LogP contribution >= 0.6 is 11.3 Å². The first-order valence-corrected chi connectivity index (χ1v) is 17.8. The third-order valence-electron chi connectivity index (χ3n) is 10.4. The zero-order valence-corrected chi connectivity index (χ0v) is 32.9. The molecule has 1 N–H and O–H groups in total. The normalized spacial score (nSPS) is 12.7. The topological polar surface area (TPSA) is 63.3 Å². The summed E-state index contributed by atoms with van der Waals surface area (Å²) in [6.07, 6.45) is 6.63. The number of nitrogens with zero attached hydrogens (tertiary/aromatic N) is 1. The smallest absolute Gasteiger partial charge is 0.164 e. The maximum atomic E-state index is 12.2. The molecule has 3 aromatic carbocycles. The first-order chi connectivity index (χ1) is 22.3. The quantitative estimate of drug-likeness (QED) is 0.0942. The maximum Gasteiger partial charge on any atom is 0.164 e. The van der Waals surface area contributed by atoms with E-state index in [1.807, 2.05) is 47.7 Å². The summed E-state index contributed by atoms with van der Waals surface area (Å²) in [6, 6.07) is 22.8. The summed E-state index contributed by atoms with van der Waals surface area (Å²) >= 11 is 1.74. The van der Waals surface area contributed by atoms with Crippen molar-refractivity contribution in [2.45, 2.75) is 93.4 Å². The van der Waals surface area contributed by atoms with E-state index in [4.69, 9.17) is 9.40 Å². The Kier molecular flexibility index (Phi) is 11.5. The summed E-state index contributed by atoms with van der Waals surface area (Å²) < 4.78 is 7.71. The Labute approximate surface area is 303 Å². The van der Waals surface area contributed by atoms with E-state index in [2.05, 4.69) is 86.8 Å². The number of furan rings is 1. The van der Waals surface area contributed by atoms with Crippen LogP contribution < -0.4 is 0 Å². The van der Waals surface area contributed by atoms with Crippen molar-refractivity contribution < 1.29 is 34.4 Å². The zero-order valence-electron chi connectivity index (χ0n) is 29.7. The largest absolute Gasteiger partial charge is 0.512 e. The molecule has 0 saturated carbocycles. The van der Waals surface area contributed by atoms with E-state index in [0.29, 0.717) is 0 Å². The average molecular weight is 839 g/mol. The van der Waals surface area contributed by atoms with Gasteiger partial charge in [-0.1, -0.05) is 91.5 Å². The van der Waals surface area contributed by atoms with Crippen LogP contribution in [0.2, 0.25) is 0 Å². The minimum atomic E-state index is -0.337. The van der Waals surface area contributed by atoms with E-state index in [0.717, 1.165) is 69.7 Å². The van der Waals surface area contributed by atoms with Crippen molar-refractivity contribution in [3.8, 4) is 11.3 Å². The Hall–Kier alpha value is -3.31. The van der Waals surface area contributed by atoms with Crippen LogP contribution in [0.15, 0.2) is 82.4 Å². The van der Waals surface area contributed by atoms with Crippen LogP contribution in [0, 0.1) is 16.9 Å². The van der Waals surface area contributed by atoms with Gasteiger partial charge in [0.05, 0.1) is 0 Å². The van der Waals surface area contributed by atoms with Crippen molar-refractivity contribution in [3.63, 3.8) is 0 Å². The van der Waals surface area contributed by atoms with Crippen molar-refractivity contribution in [1.82, 2.24) is 4.98 Å². The van der Waals surface area contributed by atoms with Crippen molar-refractivity contribution in [2.24, 2.45) is 10.8 Å². The minimum absolute atomic E-state index is 0. The van der Waals surface area contributed by atoms with Crippen molar-refractivity contribution in [2.75, 3.05) is 0 Å². The number of aliphatic hydroxyl groups is 1. The van der Waals surface area contributed by atoms with Crippen LogP contribution in [0.1, 0.15) is 93.6 Å². The van der Waals surface area contributed by atoms with E-state index < -0.39 is 0 Å². The molecule has 4 nitrogen and oxygen atoms in total. The van der Waals surface area contributed by atoms with Gasteiger partial charge < -0.3 is 9.52 Å². The molecule has 48 heavy (non-hydrogen) atoms. The summed E-state index contributed by atoms with van der Waals surface area (Å²) in [5.41, 5.74) is 4.30. The fraction of sp³-hybridized carbons (Fsp3) is 0.381. The van der Waals surface area contributed by atoms with Gasteiger partial charge in [-0.2, -0.15) is 0 Å². The molecule has 0 bridgehead atoms. The Bertz CT molecular complexity index is 2090. The number of aromatic nitrogens is 1. The Morgan fingerprint density at radius 1 is 0.833 bits per heavy atom. The molecule has 0 fully saturated rings. The van der Waals surface area contributed by atoms with Gasteiger partial charge in [-0.3, -0.25) is 9.78 Å². The Morgan fingerprint density at radius 3 is 2.12 bits per heavy atom. The second kappa shape index (κ2) is 14.7. The van der Waals surface area contributed by atoms with E-state index in [1.54, 1.807) is 11.3 Å². The summed E-state index contributed by atoms with van der Waals surface area (Å²) in [5, 5.41) is 18.0. The maximum absolute atomic E-state index is 12.2. The number of rotatable bonds is 8. The number of carbonyl (C=O) groups is 1. The number of hydrogen-bond acceptors (Lipinski definition) is 5. The molecule has 0 saturated heterocycles. The van der Waals surface area contributed by atoms with Gasteiger partial charge in [0.15, 0.2) is 5.78 Å². The standard InChI is InChI=1S/C27H20NOS.C15H28O2.Ir/c1-27(2,3)22-15-17(14-16-6-4-5-7-18(16)22)24-26-20(10-12-28-24)19-8-9-23-21(11-13-30-23)25(19)29-26;1-7-14(5,8-2)12(16)11-13(17)15(6,9-3)10-4;/h4-13,15H,1-3H3;11,16H,7-10H2,1-6H3;/q-1;;/b;12-11-;. The van der Waals surface area contributed by atoms with E-state index in [9.17, 15) is 9.90 Å². The van der Waals surface area contributed by atoms with Crippen LogP contribution in [0.25, 0.3) is 54.1 Å². The van der Waals surface area contributed by atoms with Crippen molar-refractivity contribution in [1.29, 1.82) is 0 Å². The van der Waals surface area contributed by atoms with Crippen LogP contribution in [-0.4, -0.2) is 15.9 Å². The summed E-state index contributed by atoms with van der Waals surface area (Å²) in [7, 11) is 0. The molecule has 0 unspecified atom stereocenters. The molecule has 6 rings (SSSR count). The molecular weight excluding hydrogens is 791 g/mol.